The zero-order valence-electron chi connectivity index (χ0n) is 25.1. The van der Waals surface area contributed by atoms with E-state index in [4.69, 9.17) is 19.7 Å². The molecular weight excluding hydrogens is 524 g/mol. The number of hydrogen-bond acceptors (Lipinski definition) is 9. The van der Waals surface area contributed by atoms with Crippen molar-refractivity contribution in [1.29, 1.82) is 0 Å². The van der Waals surface area contributed by atoms with Crippen LogP contribution >= 0.6 is 0 Å². The first-order chi connectivity index (χ1) is 19.5. The maximum atomic E-state index is 13.4. The Balaban J connectivity index is 1.28. The van der Waals surface area contributed by atoms with Gasteiger partial charge >= 0.3 is 12.1 Å². The molecule has 2 aliphatic rings. The molecule has 2 aliphatic heterocycles. The fraction of sp³-hybridized carbons (Fsp3) is 0.667. The fourth-order valence-corrected chi connectivity index (χ4v) is 5.48. The van der Waals surface area contributed by atoms with Gasteiger partial charge < -0.3 is 34.8 Å². The van der Waals surface area contributed by atoms with Crippen LogP contribution in [0.1, 0.15) is 84.2 Å². The smallest absolute Gasteiger partial charge is 0.408 e. The summed E-state index contributed by atoms with van der Waals surface area (Å²) in [6.07, 6.45) is 4.47. The zero-order chi connectivity index (χ0) is 29.6. The quantitative estimate of drug-likeness (QED) is 0.425. The normalized spacial score (nSPS) is 19.6. The number of nitrogens with two attached hydrogens (primary N) is 1. The molecule has 0 bridgehead atoms. The van der Waals surface area contributed by atoms with Gasteiger partial charge in [0.1, 0.15) is 17.4 Å². The van der Waals surface area contributed by atoms with Crippen molar-refractivity contribution < 1.29 is 23.6 Å². The Labute approximate surface area is 243 Å². The predicted molar refractivity (Wildman–Crippen MR) is 155 cm³/mol. The molecule has 41 heavy (non-hydrogen) atoms. The minimum absolute atomic E-state index is 0.237. The first-order valence-electron chi connectivity index (χ1n) is 14.9. The van der Waals surface area contributed by atoms with E-state index in [0.717, 1.165) is 63.2 Å². The van der Waals surface area contributed by atoms with Gasteiger partial charge in [0, 0.05) is 26.1 Å². The number of alkyl carbamates (subject to hydrolysis) is 1. The number of rotatable bonds is 10. The van der Waals surface area contributed by atoms with Gasteiger partial charge in [-0.05, 0) is 82.4 Å². The average Bonchev–Trinajstić information content (AvgIpc) is 3.60. The highest BCUT2D eigenvalue weighted by molar-refractivity contribution is 5.87. The van der Waals surface area contributed by atoms with Crippen LogP contribution in [0.25, 0.3) is 0 Å². The summed E-state index contributed by atoms with van der Waals surface area (Å²) >= 11 is 0. The van der Waals surface area contributed by atoms with E-state index >= 15 is 0 Å². The second-order valence-electron chi connectivity index (χ2n) is 12.2. The highest BCUT2D eigenvalue weighted by Crippen LogP contribution is 2.30. The van der Waals surface area contributed by atoms with Crippen LogP contribution in [0.15, 0.2) is 28.8 Å². The molecule has 1 aromatic heterocycles. The van der Waals surface area contributed by atoms with E-state index in [2.05, 4.69) is 27.3 Å². The Morgan fingerprint density at radius 1 is 1.15 bits per heavy atom. The lowest BCUT2D eigenvalue weighted by Gasteiger charge is -2.33. The highest BCUT2D eigenvalue weighted by Gasteiger charge is 2.34. The summed E-state index contributed by atoms with van der Waals surface area (Å²) in [6.45, 7) is 12.7. The van der Waals surface area contributed by atoms with E-state index in [1.807, 2.05) is 31.2 Å². The van der Waals surface area contributed by atoms with Crippen LogP contribution in [0, 0.1) is 11.8 Å². The van der Waals surface area contributed by atoms with Crippen molar-refractivity contribution in [2.45, 2.75) is 91.0 Å². The Hall–Kier alpha value is -3.34. The van der Waals surface area contributed by atoms with Crippen LogP contribution in [0.2, 0.25) is 0 Å². The highest BCUT2D eigenvalue weighted by atomic mass is 16.6. The second kappa shape index (κ2) is 13.5. The van der Waals surface area contributed by atoms with E-state index in [1.54, 1.807) is 25.7 Å². The molecule has 4 rings (SSSR count). The van der Waals surface area contributed by atoms with Crippen molar-refractivity contribution in [1.82, 2.24) is 20.4 Å². The third-order valence-electron chi connectivity index (χ3n) is 7.93. The summed E-state index contributed by atoms with van der Waals surface area (Å²) in [6, 6.07) is 7.06. The van der Waals surface area contributed by atoms with Crippen molar-refractivity contribution in [3.63, 3.8) is 0 Å². The summed E-state index contributed by atoms with van der Waals surface area (Å²) in [5, 5.41) is 6.76. The maximum Gasteiger partial charge on any atom is 0.408 e. The van der Waals surface area contributed by atoms with Gasteiger partial charge in [-0.15, -0.1) is 0 Å². The van der Waals surface area contributed by atoms with Gasteiger partial charge in [-0.1, -0.05) is 31.1 Å². The summed E-state index contributed by atoms with van der Waals surface area (Å²) in [5.41, 5.74) is 6.13. The van der Waals surface area contributed by atoms with Crippen molar-refractivity contribution in [3.8, 4) is 5.75 Å². The van der Waals surface area contributed by atoms with E-state index in [-0.39, 0.29) is 12.1 Å². The zero-order valence-corrected chi connectivity index (χ0v) is 25.1. The number of likely N-dealkylation sites (tertiary alicyclic amines) is 1. The third-order valence-corrected chi connectivity index (χ3v) is 7.93. The Morgan fingerprint density at radius 3 is 2.44 bits per heavy atom. The van der Waals surface area contributed by atoms with Crippen LogP contribution in [0.3, 0.4) is 0 Å². The molecule has 3 heterocycles. The van der Waals surface area contributed by atoms with E-state index < -0.39 is 17.7 Å². The number of benzene rings is 1. The molecule has 0 saturated carbocycles. The standard InChI is InChI=1S/C30H46N6O5/c1-6-25-32-28(41-34-25)35-17-13-21(14-18-35)20(2)15-19-39-23-11-9-22(10-12-23)26(33-29(38)40-30(3,4)5)27(37)36-16-7-8-24(36)31/h9-12,20-21,24,26H,6-8,13-19,31H2,1-5H3,(H,33,38)/t20-,24+,26+/m1/s1. The van der Waals surface area contributed by atoms with E-state index in [0.29, 0.717) is 36.6 Å². The Bertz CT molecular complexity index is 1140. The average molecular weight is 571 g/mol. The van der Waals surface area contributed by atoms with Gasteiger partial charge in [-0.25, -0.2) is 4.79 Å². The number of carbonyl (C=O) groups excluding carboxylic acids is 2. The van der Waals surface area contributed by atoms with Crippen LogP contribution in [-0.2, 0) is 16.0 Å². The van der Waals surface area contributed by atoms with Crippen molar-refractivity contribution in [2.24, 2.45) is 17.6 Å². The molecule has 2 amide bonds. The molecule has 1 aromatic carbocycles. The molecule has 0 radical (unpaired) electrons. The summed E-state index contributed by atoms with van der Waals surface area (Å²) in [4.78, 5) is 34.2. The van der Waals surface area contributed by atoms with Gasteiger partial charge in [0.2, 0.25) is 0 Å². The minimum atomic E-state index is -0.894. The Morgan fingerprint density at radius 2 is 1.85 bits per heavy atom. The number of ether oxygens (including phenoxy) is 2. The number of nitrogens with zero attached hydrogens (tertiary/aromatic N) is 4. The molecular formula is C30H46N6O5. The van der Waals surface area contributed by atoms with Crippen LogP contribution in [-0.4, -0.2) is 65.0 Å². The van der Waals surface area contributed by atoms with Gasteiger partial charge in [0.05, 0.1) is 12.8 Å². The van der Waals surface area contributed by atoms with Crippen molar-refractivity contribution in [2.75, 3.05) is 31.1 Å². The SMILES string of the molecule is CCc1noc(N2CCC([C@H](C)CCOc3ccc([C@H](NC(=O)OC(C)(C)C)C(=O)N4CCC[C@H]4N)cc3)CC2)n1. The number of carbonyl (C=O) groups is 2. The number of aromatic nitrogens is 2. The molecule has 2 saturated heterocycles. The first-order valence-corrected chi connectivity index (χ1v) is 14.9. The maximum absolute atomic E-state index is 13.4. The molecule has 0 spiro atoms. The number of hydrogen-bond donors (Lipinski definition) is 2. The molecule has 0 unspecified atom stereocenters. The third kappa shape index (κ3) is 8.34. The van der Waals surface area contributed by atoms with Gasteiger partial charge in [-0.3, -0.25) is 4.79 Å². The lowest BCUT2D eigenvalue weighted by molar-refractivity contribution is -0.134. The predicted octanol–water partition coefficient (Wildman–Crippen LogP) is 4.43. The van der Waals surface area contributed by atoms with Gasteiger partial charge in [-0.2, -0.15) is 4.98 Å². The van der Waals surface area contributed by atoms with Crippen molar-refractivity contribution >= 4 is 18.0 Å². The second-order valence-corrected chi connectivity index (χ2v) is 12.2. The number of anilines is 1. The molecule has 0 aliphatic carbocycles. The molecule has 2 fully saturated rings. The van der Waals surface area contributed by atoms with Crippen LogP contribution < -0.4 is 20.7 Å². The summed E-state index contributed by atoms with van der Waals surface area (Å²) in [7, 11) is 0. The molecule has 11 heteroatoms. The summed E-state index contributed by atoms with van der Waals surface area (Å²) in [5.74, 6) is 2.38. The number of piperidine rings is 1. The minimum Gasteiger partial charge on any atom is -0.494 e. The van der Waals surface area contributed by atoms with Gasteiger partial charge in [0.25, 0.3) is 5.91 Å². The lowest BCUT2D eigenvalue weighted by Crippen LogP contribution is -2.48. The molecule has 11 nitrogen and oxygen atoms in total. The number of aryl methyl sites for hydroxylation is 1. The monoisotopic (exact) mass is 570 g/mol. The van der Waals surface area contributed by atoms with E-state index in [1.165, 1.54) is 0 Å². The summed E-state index contributed by atoms with van der Waals surface area (Å²) < 4.78 is 16.9. The molecule has 3 N–H and O–H groups in total. The van der Waals surface area contributed by atoms with Crippen LogP contribution in [0.4, 0.5) is 10.8 Å². The molecule has 226 valence electrons. The topological polar surface area (TPSA) is 136 Å². The molecule has 3 atom stereocenters. The fourth-order valence-electron chi connectivity index (χ4n) is 5.48. The van der Waals surface area contributed by atoms with E-state index in [9.17, 15) is 9.59 Å². The van der Waals surface area contributed by atoms with Gasteiger partial charge in [0.15, 0.2) is 5.82 Å². The van der Waals surface area contributed by atoms with Crippen molar-refractivity contribution in [3.05, 3.63) is 35.7 Å². The number of nitrogens with one attached hydrogen (secondary N) is 1. The lowest BCUT2D eigenvalue weighted by atomic mass is 9.84. The number of amides is 2. The van der Waals surface area contributed by atoms with Crippen LogP contribution in [0.5, 0.6) is 5.75 Å². The first kappa shape index (κ1) is 30.6. The Kier molecular flexibility index (Phi) is 10.1. The largest absolute Gasteiger partial charge is 0.494 e. The molecule has 2 aromatic rings.